The number of hydrogen-bond acceptors (Lipinski definition) is 2. The molecule has 0 amide bonds. The van der Waals surface area contributed by atoms with Crippen LogP contribution in [0.1, 0.15) is 6.42 Å². The zero-order valence-electron chi connectivity index (χ0n) is 6.98. The molecule has 1 aliphatic rings. The van der Waals surface area contributed by atoms with Gasteiger partial charge in [0, 0.05) is 6.42 Å². The van der Waals surface area contributed by atoms with Gasteiger partial charge in [0.25, 0.3) is 0 Å². The quantitative estimate of drug-likeness (QED) is 0.688. The third kappa shape index (κ3) is 2.39. The van der Waals surface area contributed by atoms with Crippen LogP contribution in [0.25, 0.3) is 0 Å². The predicted molar refractivity (Wildman–Crippen MR) is 44.9 cm³/mol. The maximum absolute atomic E-state index is 12.8. The second-order valence-electron chi connectivity index (χ2n) is 2.89. The molecule has 72 valence electrons. The summed E-state index contributed by atoms with van der Waals surface area (Å²) in [6.07, 6.45) is 3.51. The van der Waals surface area contributed by atoms with E-state index in [0.717, 1.165) is 0 Å². The summed E-state index contributed by atoms with van der Waals surface area (Å²) in [5.41, 5.74) is 0.341. The maximum atomic E-state index is 12.8. The standard InChI is InChI=1S/C9H11FO3/c10-7-3-1-2-6(4-7)8(5-11)9(12)13/h1-2,4,7-8,11H,3,5H2,(H,12,13). The number of aliphatic hydroxyl groups excluding tert-OH is 1. The average Bonchev–Trinajstić information content (AvgIpc) is 2.04. The van der Waals surface area contributed by atoms with E-state index < -0.39 is 24.7 Å². The van der Waals surface area contributed by atoms with Crippen LogP contribution in [-0.2, 0) is 4.79 Å². The van der Waals surface area contributed by atoms with Gasteiger partial charge in [0.15, 0.2) is 0 Å². The van der Waals surface area contributed by atoms with Crippen LogP contribution in [0.5, 0.6) is 0 Å². The summed E-state index contributed by atoms with van der Waals surface area (Å²) in [4.78, 5) is 10.6. The van der Waals surface area contributed by atoms with E-state index in [0.29, 0.717) is 5.57 Å². The molecule has 0 heterocycles. The van der Waals surface area contributed by atoms with Crippen LogP contribution in [-0.4, -0.2) is 29.0 Å². The Bertz CT molecular complexity index is 258. The lowest BCUT2D eigenvalue weighted by molar-refractivity contribution is -0.141. The predicted octanol–water partition coefficient (Wildman–Crippen LogP) is 0.904. The highest BCUT2D eigenvalue weighted by Crippen LogP contribution is 2.20. The fraction of sp³-hybridized carbons (Fsp3) is 0.444. The number of carboxylic acid groups (broad SMARTS) is 1. The van der Waals surface area contributed by atoms with Crippen molar-refractivity contribution < 1.29 is 19.4 Å². The van der Waals surface area contributed by atoms with Gasteiger partial charge in [0.1, 0.15) is 12.1 Å². The fourth-order valence-electron chi connectivity index (χ4n) is 1.22. The first kappa shape index (κ1) is 9.92. The summed E-state index contributed by atoms with van der Waals surface area (Å²) in [7, 11) is 0. The molecule has 0 saturated heterocycles. The minimum absolute atomic E-state index is 0.279. The molecule has 4 heteroatoms. The number of carboxylic acids is 1. The first-order valence-electron chi connectivity index (χ1n) is 4.01. The smallest absolute Gasteiger partial charge is 0.313 e. The Hall–Kier alpha value is -1.16. The molecule has 0 aliphatic heterocycles. The van der Waals surface area contributed by atoms with Gasteiger partial charge in [-0.1, -0.05) is 12.2 Å². The Kier molecular flexibility index (Phi) is 3.19. The second kappa shape index (κ2) is 4.18. The zero-order valence-corrected chi connectivity index (χ0v) is 6.98. The van der Waals surface area contributed by atoms with E-state index in [9.17, 15) is 9.18 Å². The number of aliphatic carboxylic acids is 1. The van der Waals surface area contributed by atoms with Crippen LogP contribution < -0.4 is 0 Å². The molecule has 0 saturated carbocycles. The van der Waals surface area contributed by atoms with Crippen molar-refractivity contribution in [3.63, 3.8) is 0 Å². The number of carbonyl (C=O) groups is 1. The van der Waals surface area contributed by atoms with E-state index in [1.54, 1.807) is 12.2 Å². The molecular formula is C9H11FO3. The van der Waals surface area contributed by atoms with Crippen LogP contribution in [0.2, 0.25) is 0 Å². The van der Waals surface area contributed by atoms with Crippen molar-refractivity contribution in [3.05, 3.63) is 23.8 Å². The molecule has 0 bridgehead atoms. The first-order valence-corrected chi connectivity index (χ1v) is 4.01. The summed E-state index contributed by atoms with van der Waals surface area (Å²) in [5, 5.41) is 17.4. The molecule has 3 nitrogen and oxygen atoms in total. The molecule has 0 fully saturated rings. The van der Waals surface area contributed by atoms with Crippen molar-refractivity contribution >= 4 is 5.97 Å². The molecule has 0 aromatic heterocycles. The van der Waals surface area contributed by atoms with Crippen molar-refractivity contribution in [1.82, 2.24) is 0 Å². The molecule has 0 radical (unpaired) electrons. The Morgan fingerprint density at radius 3 is 2.92 bits per heavy atom. The van der Waals surface area contributed by atoms with Gasteiger partial charge in [-0.25, -0.2) is 4.39 Å². The molecular weight excluding hydrogens is 175 g/mol. The molecule has 0 aromatic carbocycles. The molecule has 13 heavy (non-hydrogen) atoms. The van der Waals surface area contributed by atoms with Crippen molar-refractivity contribution in [1.29, 1.82) is 0 Å². The lowest BCUT2D eigenvalue weighted by atomic mass is 9.94. The molecule has 1 rings (SSSR count). The second-order valence-corrected chi connectivity index (χ2v) is 2.89. The highest BCUT2D eigenvalue weighted by molar-refractivity contribution is 5.74. The molecule has 2 unspecified atom stereocenters. The van der Waals surface area contributed by atoms with Gasteiger partial charge in [-0.15, -0.1) is 0 Å². The lowest BCUT2D eigenvalue weighted by Crippen LogP contribution is -2.21. The zero-order chi connectivity index (χ0) is 9.84. The van der Waals surface area contributed by atoms with E-state index in [1.165, 1.54) is 6.08 Å². The fourth-order valence-corrected chi connectivity index (χ4v) is 1.22. The van der Waals surface area contributed by atoms with E-state index in [4.69, 9.17) is 10.2 Å². The van der Waals surface area contributed by atoms with Crippen LogP contribution in [0.4, 0.5) is 4.39 Å². The Balaban J connectivity index is 2.79. The lowest BCUT2D eigenvalue weighted by Gasteiger charge is -2.14. The number of hydrogen-bond donors (Lipinski definition) is 2. The van der Waals surface area contributed by atoms with Gasteiger partial charge in [-0.2, -0.15) is 0 Å². The SMILES string of the molecule is O=C(O)C(CO)C1=CC(F)CC=C1. The summed E-state index contributed by atoms with van der Waals surface area (Å²) in [6.45, 7) is -0.502. The summed E-state index contributed by atoms with van der Waals surface area (Å²) < 4.78 is 12.8. The van der Waals surface area contributed by atoms with E-state index >= 15 is 0 Å². The monoisotopic (exact) mass is 186 g/mol. The molecule has 2 atom stereocenters. The molecule has 2 N–H and O–H groups in total. The topological polar surface area (TPSA) is 57.5 Å². The van der Waals surface area contributed by atoms with Gasteiger partial charge >= 0.3 is 5.97 Å². The van der Waals surface area contributed by atoms with E-state index in [-0.39, 0.29) is 6.42 Å². The van der Waals surface area contributed by atoms with Crippen molar-refractivity contribution in [2.45, 2.75) is 12.6 Å². The van der Waals surface area contributed by atoms with Gasteiger partial charge < -0.3 is 10.2 Å². The summed E-state index contributed by atoms with van der Waals surface area (Å²) in [6, 6.07) is 0. The number of allylic oxidation sites excluding steroid dienone is 3. The Morgan fingerprint density at radius 2 is 2.46 bits per heavy atom. The minimum Gasteiger partial charge on any atom is -0.481 e. The number of aliphatic hydroxyl groups is 1. The first-order chi connectivity index (χ1) is 6.15. The molecule has 0 spiro atoms. The molecule has 1 aliphatic carbocycles. The van der Waals surface area contributed by atoms with Gasteiger partial charge in [0.05, 0.1) is 6.61 Å². The minimum atomic E-state index is -1.13. The third-order valence-electron chi connectivity index (χ3n) is 1.93. The normalized spacial score (nSPS) is 23.8. The van der Waals surface area contributed by atoms with Crippen molar-refractivity contribution in [2.75, 3.05) is 6.61 Å². The van der Waals surface area contributed by atoms with Crippen molar-refractivity contribution in [2.24, 2.45) is 5.92 Å². The van der Waals surface area contributed by atoms with Crippen LogP contribution >= 0.6 is 0 Å². The van der Waals surface area contributed by atoms with Gasteiger partial charge in [-0.05, 0) is 11.6 Å². The number of rotatable bonds is 3. The van der Waals surface area contributed by atoms with Gasteiger partial charge in [0.2, 0.25) is 0 Å². The highest BCUT2D eigenvalue weighted by Gasteiger charge is 2.22. The third-order valence-corrected chi connectivity index (χ3v) is 1.93. The Morgan fingerprint density at radius 1 is 1.77 bits per heavy atom. The van der Waals surface area contributed by atoms with Crippen LogP contribution in [0, 0.1) is 5.92 Å². The summed E-state index contributed by atoms with van der Waals surface area (Å²) >= 11 is 0. The van der Waals surface area contributed by atoms with E-state index in [1.807, 2.05) is 0 Å². The number of halogens is 1. The Labute approximate surface area is 75.2 Å². The summed E-state index contributed by atoms with van der Waals surface area (Å²) in [5.74, 6) is -2.14. The highest BCUT2D eigenvalue weighted by atomic mass is 19.1. The average molecular weight is 186 g/mol. The van der Waals surface area contributed by atoms with Crippen LogP contribution in [0.3, 0.4) is 0 Å². The maximum Gasteiger partial charge on any atom is 0.313 e. The number of alkyl halides is 1. The van der Waals surface area contributed by atoms with Crippen LogP contribution in [0.15, 0.2) is 23.8 Å². The van der Waals surface area contributed by atoms with E-state index in [2.05, 4.69) is 0 Å². The van der Waals surface area contributed by atoms with Crippen molar-refractivity contribution in [3.8, 4) is 0 Å². The largest absolute Gasteiger partial charge is 0.481 e. The van der Waals surface area contributed by atoms with Gasteiger partial charge in [-0.3, -0.25) is 4.79 Å². The molecule has 0 aromatic rings.